The Kier molecular flexibility index (Phi) is 7.48. The van der Waals surface area contributed by atoms with Crippen LogP contribution < -0.4 is 0 Å². The minimum atomic E-state index is 0.437. The number of hydrogen-bond acceptors (Lipinski definition) is 0. The maximum atomic E-state index is 2.79. The van der Waals surface area contributed by atoms with Crippen LogP contribution in [0.4, 0.5) is 0 Å². The van der Waals surface area contributed by atoms with E-state index in [0.717, 1.165) is 82.9 Å². The van der Waals surface area contributed by atoms with E-state index < -0.39 is 0 Å². The Labute approximate surface area is 263 Å². The van der Waals surface area contributed by atoms with Gasteiger partial charge in [0.05, 0.1) is 0 Å². The van der Waals surface area contributed by atoms with Gasteiger partial charge in [0.1, 0.15) is 0 Å². The van der Waals surface area contributed by atoms with E-state index in [-0.39, 0.29) is 0 Å². The third-order valence-electron chi connectivity index (χ3n) is 17.4. The van der Waals surface area contributed by atoms with E-state index >= 15 is 0 Å². The molecule has 0 aromatic rings. The molecular formula is C42H72. The van der Waals surface area contributed by atoms with Crippen LogP contribution in [0.5, 0.6) is 0 Å². The van der Waals surface area contributed by atoms with E-state index in [1.807, 2.05) is 0 Å². The molecule has 7 rings (SSSR count). The smallest absolute Gasteiger partial charge is 0.0230 e. The molecule has 7 saturated carbocycles. The third kappa shape index (κ3) is 4.52. The highest BCUT2D eigenvalue weighted by Gasteiger charge is 2.71. The van der Waals surface area contributed by atoms with Gasteiger partial charge in [-0.25, -0.2) is 0 Å². The molecule has 7 aliphatic rings. The second kappa shape index (κ2) is 10.2. The van der Waals surface area contributed by atoms with Crippen molar-refractivity contribution in [1.82, 2.24) is 0 Å². The highest BCUT2D eigenvalue weighted by atomic mass is 14.8. The molecule has 0 bridgehead atoms. The first-order chi connectivity index (χ1) is 19.6. The van der Waals surface area contributed by atoms with Gasteiger partial charge < -0.3 is 0 Å². The second-order valence-corrected chi connectivity index (χ2v) is 21.3. The normalized spacial score (nSPS) is 51.9. The van der Waals surface area contributed by atoms with Crippen molar-refractivity contribution < 1.29 is 0 Å². The van der Waals surface area contributed by atoms with Gasteiger partial charge in [0.15, 0.2) is 0 Å². The first-order valence-electron chi connectivity index (χ1n) is 19.6. The van der Waals surface area contributed by atoms with Gasteiger partial charge in [-0.2, -0.15) is 0 Å². The molecule has 0 heteroatoms. The van der Waals surface area contributed by atoms with Crippen molar-refractivity contribution >= 4 is 0 Å². The molecule has 0 N–H and O–H groups in total. The number of hydrogen-bond donors (Lipinski definition) is 0. The van der Waals surface area contributed by atoms with Crippen LogP contribution in [-0.2, 0) is 0 Å². The summed E-state index contributed by atoms with van der Waals surface area (Å²) >= 11 is 0. The van der Waals surface area contributed by atoms with Crippen LogP contribution in [0.1, 0.15) is 159 Å². The largest absolute Gasteiger partial charge is 0.0625 e. The lowest BCUT2D eigenvalue weighted by molar-refractivity contribution is -0.0808. The van der Waals surface area contributed by atoms with E-state index in [2.05, 4.69) is 69.2 Å². The van der Waals surface area contributed by atoms with Crippen LogP contribution in [0.3, 0.4) is 0 Å². The van der Waals surface area contributed by atoms with Crippen molar-refractivity contribution in [2.24, 2.45) is 105 Å². The molecule has 0 heterocycles. The Balaban J connectivity index is 1.34. The molecule has 0 saturated heterocycles. The highest BCUT2D eigenvalue weighted by Crippen LogP contribution is 2.78. The molecule has 240 valence electrons. The van der Waals surface area contributed by atoms with E-state index in [4.69, 9.17) is 0 Å². The summed E-state index contributed by atoms with van der Waals surface area (Å²) < 4.78 is 0. The van der Waals surface area contributed by atoms with Gasteiger partial charge in [-0.05, 0) is 175 Å². The summed E-state index contributed by atoms with van der Waals surface area (Å²) in [5.41, 5.74) is 2.09. The lowest BCUT2D eigenvalue weighted by atomic mass is 9.48. The molecule has 7 fully saturated rings. The van der Waals surface area contributed by atoms with E-state index in [9.17, 15) is 0 Å². The van der Waals surface area contributed by atoms with Crippen LogP contribution in [0.25, 0.3) is 0 Å². The van der Waals surface area contributed by atoms with Gasteiger partial charge in [0, 0.05) is 0 Å². The summed E-state index contributed by atoms with van der Waals surface area (Å²) in [5, 5.41) is 0. The molecule has 0 aliphatic heterocycles. The van der Waals surface area contributed by atoms with Crippen LogP contribution in [-0.4, -0.2) is 0 Å². The van der Waals surface area contributed by atoms with Gasteiger partial charge in [0.25, 0.3) is 0 Å². The Hall–Kier alpha value is 0. The Bertz CT molecular complexity index is 962. The molecule has 0 amide bonds. The second-order valence-electron chi connectivity index (χ2n) is 21.3. The van der Waals surface area contributed by atoms with Gasteiger partial charge in [0.2, 0.25) is 0 Å². The molecule has 42 heavy (non-hydrogen) atoms. The van der Waals surface area contributed by atoms with Crippen molar-refractivity contribution in [2.45, 2.75) is 159 Å². The Morgan fingerprint density at radius 3 is 1.76 bits per heavy atom. The summed E-state index contributed by atoms with van der Waals surface area (Å²) in [5.74, 6) is 14.2. The lowest BCUT2D eigenvalue weighted by Gasteiger charge is -2.57. The van der Waals surface area contributed by atoms with E-state index in [0.29, 0.717) is 21.7 Å². The summed E-state index contributed by atoms with van der Waals surface area (Å²) in [6.45, 7) is 26.4. The van der Waals surface area contributed by atoms with Crippen LogP contribution in [0.15, 0.2) is 0 Å². The van der Waals surface area contributed by atoms with E-state index in [1.165, 1.54) is 12.8 Å². The number of rotatable bonds is 1. The van der Waals surface area contributed by atoms with Crippen LogP contribution >= 0.6 is 0 Å². The van der Waals surface area contributed by atoms with Crippen LogP contribution in [0, 0.1) is 105 Å². The Morgan fingerprint density at radius 2 is 1.12 bits per heavy atom. The SMILES string of the molecule is CC(C)C1CCC2C3C4C5C6CCCCC6CCC5C(C)(C)C4CCC3C3(CC(C(C)(C)C)CC(C(C)(C)C)C3)C2C1. The van der Waals surface area contributed by atoms with Crippen molar-refractivity contribution in [3.8, 4) is 0 Å². The monoisotopic (exact) mass is 577 g/mol. The highest BCUT2D eigenvalue weighted by molar-refractivity contribution is 5.19. The maximum Gasteiger partial charge on any atom is -0.0230 e. The molecule has 7 aliphatic carbocycles. The van der Waals surface area contributed by atoms with Crippen molar-refractivity contribution in [2.75, 3.05) is 0 Å². The molecule has 13 unspecified atom stereocenters. The minimum absolute atomic E-state index is 0.437. The molecule has 0 aromatic carbocycles. The predicted molar refractivity (Wildman–Crippen MR) is 180 cm³/mol. The summed E-state index contributed by atoms with van der Waals surface area (Å²) in [6.07, 6.45) is 22.0. The van der Waals surface area contributed by atoms with Gasteiger partial charge in [-0.3, -0.25) is 0 Å². The average Bonchev–Trinajstić information content (AvgIpc) is 3.33. The maximum absolute atomic E-state index is 2.79. The van der Waals surface area contributed by atoms with Gasteiger partial charge >= 0.3 is 0 Å². The zero-order chi connectivity index (χ0) is 30.0. The predicted octanol–water partition coefficient (Wildman–Crippen LogP) is 12.3. The molecule has 0 nitrogen and oxygen atoms in total. The van der Waals surface area contributed by atoms with Gasteiger partial charge in [-0.1, -0.05) is 88.5 Å². The van der Waals surface area contributed by atoms with Gasteiger partial charge in [-0.15, -0.1) is 0 Å². The average molecular weight is 577 g/mol. The quantitative estimate of drug-likeness (QED) is 0.291. The summed E-state index contributed by atoms with van der Waals surface area (Å²) in [6, 6.07) is 0. The van der Waals surface area contributed by atoms with Crippen molar-refractivity contribution in [3.63, 3.8) is 0 Å². The third-order valence-corrected chi connectivity index (χ3v) is 17.4. The summed E-state index contributed by atoms with van der Waals surface area (Å²) in [4.78, 5) is 0. The fourth-order valence-electron chi connectivity index (χ4n) is 15.3. The van der Waals surface area contributed by atoms with Crippen LogP contribution in [0.2, 0.25) is 0 Å². The molecule has 1 spiro atoms. The first kappa shape index (κ1) is 30.6. The summed E-state index contributed by atoms with van der Waals surface area (Å²) in [7, 11) is 0. The fraction of sp³-hybridized carbons (Fsp3) is 1.00. The van der Waals surface area contributed by atoms with Crippen molar-refractivity contribution in [3.05, 3.63) is 0 Å². The molecule has 0 aromatic heterocycles. The standard InChI is InChI=1S/C42H72/c1-25(2)27-15-17-31-35(21-27)42(23-28(39(3,4)5)22-29(24-42)40(6,7)8)34-20-19-33-38(37(31)34)36-30-14-12-11-13-26(30)16-18-32(36)41(33,9)10/h25-38H,11-24H2,1-10H3. The molecule has 13 atom stereocenters. The fourth-order valence-corrected chi connectivity index (χ4v) is 15.3. The molecular weight excluding hydrogens is 504 g/mol. The lowest BCUT2D eigenvalue weighted by Crippen LogP contribution is -2.49. The number of fused-ring (bicyclic) bond motifs is 11. The minimum Gasteiger partial charge on any atom is -0.0625 e. The molecule has 0 radical (unpaired) electrons. The topological polar surface area (TPSA) is 0 Å². The zero-order valence-corrected chi connectivity index (χ0v) is 30.0. The van der Waals surface area contributed by atoms with E-state index in [1.54, 1.807) is 77.0 Å². The zero-order valence-electron chi connectivity index (χ0n) is 30.0. The van der Waals surface area contributed by atoms with Crippen molar-refractivity contribution in [1.29, 1.82) is 0 Å². The first-order valence-corrected chi connectivity index (χ1v) is 19.6. The Morgan fingerprint density at radius 1 is 0.548 bits per heavy atom.